The molecule has 2 aromatic carbocycles. The maximum absolute atomic E-state index is 13.5. The molecule has 1 heterocycles. The van der Waals surface area contributed by atoms with Crippen molar-refractivity contribution in [3.63, 3.8) is 0 Å². The molecule has 1 aliphatic heterocycles. The molecule has 0 bridgehead atoms. The number of halogens is 1. The lowest BCUT2D eigenvalue weighted by Gasteiger charge is -2.28. The van der Waals surface area contributed by atoms with Crippen LogP contribution in [-0.4, -0.2) is 57.7 Å². The van der Waals surface area contributed by atoms with Crippen molar-refractivity contribution in [2.24, 2.45) is 0 Å². The molecule has 1 N–H and O–H groups in total. The van der Waals surface area contributed by atoms with Crippen LogP contribution < -0.4 is 0 Å². The number of amides is 1. The van der Waals surface area contributed by atoms with Crippen LogP contribution in [0.2, 0.25) is 0 Å². The highest BCUT2D eigenvalue weighted by Crippen LogP contribution is 2.39. The van der Waals surface area contributed by atoms with Gasteiger partial charge in [0.2, 0.25) is 0 Å². The van der Waals surface area contributed by atoms with Crippen LogP contribution in [0, 0.1) is 15.9 Å². The molecule has 1 atom stereocenters. The highest BCUT2D eigenvalue weighted by Gasteiger charge is 2.46. The Hall–Kier alpha value is -3.59. The number of rotatable bonds is 8. The minimum atomic E-state index is -0.902. The van der Waals surface area contributed by atoms with E-state index in [1.165, 1.54) is 53.4 Å². The third kappa shape index (κ3) is 4.52. The van der Waals surface area contributed by atoms with Gasteiger partial charge in [0.15, 0.2) is 0 Å². The van der Waals surface area contributed by atoms with E-state index in [4.69, 9.17) is 0 Å². The van der Waals surface area contributed by atoms with E-state index in [1.54, 1.807) is 0 Å². The second kappa shape index (κ2) is 9.69. The van der Waals surface area contributed by atoms with Crippen LogP contribution in [0.3, 0.4) is 0 Å². The summed E-state index contributed by atoms with van der Waals surface area (Å²) in [5, 5.41) is 21.8. The third-order valence-electron chi connectivity index (χ3n) is 5.63. The summed E-state index contributed by atoms with van der Waals surface area (Å²) in [5.74, 6) is -2.51. The molecule has 3 rings (SSSR count). The van der Waals surface area contributed by atoms with Crippen molar-refractivity contribution in [2.45, 2.75) is 19.9 Å². The summed E-state index contributed by atoms with van der Waals surface area (Å²) in [6.45, 7) is 6.28. The van der Waals surface area contributed by atoms with Crippen molar-refractivity contribution in [1.82, 2.24) is 9.80 Å². The largest absolute Gasteiger partial charge is 0.507 e. The second-order valence-corrected chi connectivity index (χ2v) is 7.37. The Bertz CT molecular complexity index is 1050. The van der Waals surface area contributed by atoms with Gasteiger partial charge in [-0.3, -0.25) is 19.7 Å². The molecule has 0 saturated carbocycles. The maximum atomic E-state index is 13.5. The number of nitrogens with zero attached hydrogens (tertiary/aromatic N) is 3. The van der Waals surface area contributed by atoms with E-state index < -0.39 is 34.2 Å². The lowest BCUT2D eigenvalue weighted by atomic mass is 9.95. The maximum Gasteiger partial charge on any atom is 0.295 e. The lowest BCUT2D eigenvalue weighted by molar-refractivity contribution is -0.384. The molecule has 1 aliphatic rings. The van der Waals surface area contributed by atoms with Gasteiger partial charge in [0.1, 0.15) is 11.6 Å². The molecule has 1 fully saturated rings. The summed E-state index contributed by atoms with van der Waals surface area (Å²) < 4.78 is 13.5. The normalized spacial score (nSPS) is 17.9. The molecule has 2 aromatic rings. The zero-order valence-electron chi connectivity index (χ0n) is 17.8. The highest BCUT2D eigenvalue weighted by atomic mass is 19.1. The van der Waals surface area contributed by atoms with E-state index in [-0.39, 0.29) is 23.4 Å². The summed E-state index contributed by atoms with van der Waals surface area (Å²) >= 11 is 0. The van der Waals surface area contributed by atoms with Crippen LogP contribution in [0.5, 0.6) is 0 Å². The van der Waals surface area contributed by atoms with Gasteiger partial charge in [-0.2, -0.15) is 0 Å². The summed E-state index contributed by atoms with van der Waals surface area (Å²) in [4.78, 5) is 39.6. The monoisotopic (exact) mass is 441 g/mol. The lowest BCUT2D eigenvalue weighted by Crippen LogP contribution is -2.38. The summed E-state index contributed by atoms with van der Waals surface area (Å²) in [6, 6.07) is 9.55. The van der Waals surface area contributed by atoms with E-state index in [0.717, 1.165) is 13.1 Å². The van der Waals surface area contributed by atoms with E-state index in [1.807, 2.05) is 13.8 Å². The van der Waals surface area contributed by atoms with Crippen molar-refractivity contribution in [3.05, 3.63) is 81.2 Å². The Balaban J connectivity index is 2.08. The van der Waals surface area contributed by atoms with Gasteiger partial charge in [-0.1, -0.05) is 26.0 Å². The average Bonchev–Trinajstić information content (AvgIpc) is 3.04. The van der Waals surface area contributed by atoms with Crippen molar-refractivity contribution in [2.75, 3.05) is 26.2 Å². The molecule has 168 valence electrons. The molecule has 0 spiro atoms. The molecule has 1 amide bonds. The average molecular weight is 441 g/mol. The van der Waals surface area contributed by atoms with E-state index in [9.17, 15) is 29.2 Å². The minimum Gasteiger partial charge on any atom is -0.507 e. The van der Waals surface area contributed by atoms with E-state index in [0.29, 0.717) is 12.1 Å². The van der Waals surface area contributed by atoms with E-state index >= 15 is 0 Å². The molecule has 8 nitrogen and oxygen atoms in total. The quantitative estimate of drug-likeness (QED) is 0.221. The molecule has 32 heavy (non-hydrogen) atoms. The van der Waals surface area contributed by atoms with Gasteiger partial charge in [-0.25, -0.2) is 4.39 Å². The van der Waals surface area contributed by atoms with Gasteiger partial charge in [0.25, 0.3) is 17.4 Å². The summed E-state index contributed by atoms with van der Waals surface area (Å²) in [6.07, 6.45) is 0. The first-order valence-corrected chi connectivity index (χ1v) is 10.3. The predicted octanol–water partition coefficient (Wildman–Crippen LogP) is 3.50. The first kappa shape index (κ1) is 23.1. The number of likely N-dealkylation sites (N-methyl/N-ethyl adjacent to an activating group) is 1. The molecule has 0 aliphatic carbocycles. The number of likely N-dealkylation sites (tertiary alicyclic amines) is 1. The topological polar surface area (TPSA) is 104 Å². The van der Waals surface area contributed by atoms with Crippen molar-refractivity contribution in [3.8, 4) is 0 Å². The van der Waals surface area contributed by atoms with Crippen molar-refractivity contribution in [1.29, 1.82) is 0 Å². The number of hydrogen-bond acceptors (Lipinski definition) is 6. The Kier molecular flexibility index (Phi) is 6.99. The Morgan fingerprint density at radius 1 is 1.09 bits per heavy atom. The fraction of sp³-hybridized carbons (Fsp3) is 0.304. The number of aliphatic hydroxyl groups is 1. The number of Topliss-reactive ketones (excluding diaryl/α,β-unsaturated/α-hetero) is 1. The number of nitro benzene ring substituents is 1. The van der Waals surface area contributed by atoms with Crippen LogP contribution in [0.25, 0.3) is 5.76 Å². The van der Waals surface area contributed by atoms with Crippen LogP contribution >= 0.6 is 0 Å². The molecule has 1 saturated heterocycles. The number of hydrogen-bond donors (Lipinski definition) is 1. The van der Waals surface area contributed by atoms with Crippen LogP contribution in [0.4, 0.5) is 10.1 Å². The zero-order chi connectivity index (χ0) is 23.4. The van der Waals surface area contributed by atoms with Gasteiger partial charge in [-0.05, 0) is 42.9 Å². The van der Waals surface area contributed by atoms with Gasteiger partial charge in [-0.15, -0.1) is 0 Å². The van der Waals surface area contributed by atoms with Gasteiger partial charge < -0.3 is 14.9 Å². The Morgan fingerprint density at radius 3 is 2.22 bits per heavy atom. The van der Waals surface area contributed by atoms with Crippen LogP contribution in [0.1, 0.15) is 31.0 Å². The molecule has 0 aromatic heterocycles. The van der Waals surface area contributed by atoms with E-state index in [2.05, 4.69) is 4.90 Å². The van der Waals surface area contributed by atoms with Gasteiger partial charge >= 0.3 is 0 Å². The second-order valence-electron chi connectivity index (χ2n) is 7.37. The van der Waals surface area contributed by atoms with Crippen molar-refractivity contribution < 1.29 is 24.0 Å². The minimum absolute atomic E-state index is 0.130. The molecule has 1 unspecified atom stereocenters. The summed E-state index contributed by atoms with van der Waals surface area (Å²) in [5.41, 5.74) is 0.351. The number of ketones is 1. The predicted molar refractivity (Wildman–Crippen MR) is 116 cm³/mol. The number of carbonyl (C=O) groups excluding carboxylic acids is 2. The Labute approximate surface area is 184 Å². The first-order valence-electron chi connectivity index (χ1n) is 10.3. The molecule has 0 radical (unpaired) electrons. The van der Waals surface area contributed by atoms with Crippen LogP contribution in [0.15, 0.2) is 54.1 Å². The molecular formula is C23H24FN3O5. The fourth-order valence-corrected chi connectivity index (χ4v) is 3.79. The SMILES string of the molecule is CCN(CC)CCN1C(=O)C(=O)/C(=C(\O)c2ccc([N+](=O)[O-])cc2)C1c1ccc(F)cc1. The number of carbonyl (C=O) groups is 2. The van der Waals surface area contributed by atoms with Gasteiger partial charge in [0.05, 0.1) is 16.5 Å². The summed E-state index contributed by atoms with van der Waals surface area (Å²) in [7, 11) is 0. The number of nitro groups is 1. The fourth-order valence-electron chi connectivity index (χ4n) is 3.79. The van der Waals surface area contributed by atoms with Crippen molar-refractivity contribution >= 4 is 23.1 Å². The van der Waals surface area contributed by atoms with Crippen LogP contribution in [-0.2, 0) is 9.59 Å². The third-order valence-corrected chi connectivity index (χ3v) is 5.63. The first-order chi connectivity index (χ1) is 15.3. The van der Waals surface area contributed by atoms with Gasteiger partial charge in [0, 0.05) is 30.8 Å². The number of aliphatic hydroxyl groups excluding tert-OH is 1. The molecular weight excluding hydrogens is 417 g/mol. The standard InChI is InChI=1S/C23H24FN3O5/c1-3-25(4-2)13-14-26-20(15-5-9-17(24)10-6-15)19(22(29)23(26)30)21(28)16-7-11-18(12-8-16)27(31)32/h5-12,20,28H,3-4,13-14H2,1-2H3/b21-19-. The number of benzene rings is 2. The zero-order valence-corrected chi connectivity index (χ0v) is 17.8. The smallest absolute Gasteiger partial charge is 0.295 e. The number of non-ortho nitro benzene ring substituents is 1. The Morgan fingerprint density at radius 2 is 1.69 bits per heavy atom. The molecule has 9 heteroatoms. The highest BCUT2D eigenvalue weighted by molar-refractivity contribution is 6.46.